The number of hydrogen-bond donors (Lipinski definition) is 2. The molecular weight excluding hydrogens is 364 g/mol. The minimum absolute atomic E-state index is 0.0715. The van der Waals surface area contributed by atoms with Gasteiger partial charge in [-0.05, 0) is 44.2 Å². The van der Waals surface area contributed by atoms with Gasteiger partial charge in [-0.2, -0.15) is 0 Å². The van der Waals surface area contributed by atoms with E-state index in [9.17, 15) is 4.79 Å². The van der Waals surface area contributed by atoms with Crippen molar-refractivity contribution in [3.63, 3.8) is 0 Å². The number of carbonyl (C=O) groups excluding carboxylic acids is 1. The molecule has 0 spiro atoms. The van der Waals surface area contributed by atoms with E-state index in [-0.39, 0.29) is 18.5 Å². The number of carbonyl (C=O) groups is 1. The van der Waals surface area contributed by atoms with Crippen LogP contribution in [0.1, 0.15) is 24.4 Å². The van der Waals surface area contributed by atoms with E-state index >= 15 is 0 Å². The van der Waals surface area contributed by atoms with E-state index in [0.717, 1.165) is 21.7 Å². The van der Waals surface area contributed by atoms with Gasteiger partial charge in [0.05, 0.1) is 7.05 Å². The van der Waals surface area contributed by atoms with Crippen LogP contribution in [-0.4, -0.2) is 29.7 Å². The number of amides is 1. The minimum Gasteiger partial charge on any atom is -0.415 e. The van der Waals surface area contributed by atoms with Crippen LogP contribution in [-0.2, 0) is 4.79 Å². The summed E-state index contributed by atoms with van der Waals surface area (Å²) >= 11 is 6.01. The SMILES string of the molecule is Cc1ccc(NC(=O)C[NH+](C)[C@H](C)c2nnc(-c3cccc(Cl)c3)o2)cc1. The molecule has 1 aromatic heterocycles. The number of anilines is 1. The van der Waals surface area contributed by atoms with Gasteiger partial charge in [0.15, 0.2) is 12.6 Å². The Morgan fingerprint density at radius 3 is 2.67 bits per heavy atom. The van der Waals surface area contributed by atoms with Crippen molar-refractivity contribution in [2.24, 2.45) is 0 Å². The molecule has 1 unspecified atom stereocenters. The van der Waals surface area contributed by atoms with Crippen molar-refractivity contribution in [2.75, 3.05) is 18.9 Å². The minimum atomic E-state index is -0.130. The Morgan fingerprint density at radius 2 is 1.96 bits per heavy atom. The number of likely N-dealkylation sites (N-methyl/N-ethyl adjacent to an activating group) is 1. The number of benzene rings is 2. The number of quaternary nitrogens is 1. The molecule has 0 saturated carbocycles. The fourth-order valence-electron chi connectivity index (χ4n) is 2.61. The summed E-state index contributed by atoms with van der Waals surface area (Å²) in [5.74, 6) is 0.819. The maximum absolute atomic E-state index is 12.3. The van der Waals surface area contributed by atoms with Crippen molar-refractivity contribution in [3.05, 3.63) is 65.0 Å². The van der Waals surface area contributed by atoms with Crippen molar-refractivity contribution in [2.45, 2.75) is 19.9 Å². The summed E-state index contributed by atoms with van der Waals surface area (Å²) in [6, 6.07) is 14.8. The highest BCUT2D eigenvalue weighted by Gasteiger charge is 2.24. The third kappa shape index (κ3) is 4.93. The standard InChI is InChI=1S/C20H21ClN4O2/c1-13-7-9-17(10-8-13)22-18(26)12-25(3)14(2)19-23-24-20(27-19)15-5-4-6-16(21)11-15/h4-11,14H,12H2,1-3H3,(H,22,26)/p+1/t14-/m1/s1. The zero-order valence-electron chi connectivity index (χ0n) is 15.5. The first-order valence-electron chi connectivity index (χ1n) is 8.70. The molecule has 7 heteroatoms. The summed E-state index contributed by atoms with van der Waals surface area (Å²) in [4.78, 5) is 13.2. The van der Waals surface area contributed by atoms with Gasteiger partial charge < -0.3 is 14.6 Å². The number of aromatic nitrogens is 2. The summed E-state index contributed by atoms with van der Waals surface area (Å²) in [7, 11) is 1.92. The van der Waals surface area contributed by atoms with Gasteiger partial charge in [0.1, 0.15) is 0 Å². The number of rotatable bonds is 6. The lowest BCUT2D eigenvalue weighted by Crippen LogP contribution is -3.10. The molecule has 0 aliphatic rings. The number of aryl methyl sites for hydroxylation is 1. The fraction of sp³-hybridized carbons (Fsp3) is 0.250. The number of nitrogens with zero attached hydrogens (tertiary/aromatic N) is 2. The van der Waals surface area contributed by atoms with Crippen LogP contribution in [0.5, 0.6) is 0 Å². The van der Waals surface area contributed by atoms with E-state index in [2.05, 4.69) is 15.5 Å². The second-order valence-corrected chi connectivity index (χ2v) is 7.05. The first-order valence-corrected chi connectivity index (χ1v) is 9.08. The highest BCUT2D eigenvalue weighted by Crippen LogP contribution is 2.22. The van der Waals surface area contributed by atoms with Gasteiger partial charge in [0, 0.05) is 16.3 Å². The Bertz CT molecular complexity index is 924. The molecule has 1 heterocycles. The van der Waals surface area contributed by atoms with Gasteiger partial charge in [-0.25, -0.2) is 0 Å². The van der Waals surface area contributed by atoms with E-state index in [1.165, 1.54) is 0 Å². The topological polar surface area (TPSA) is 72.5 Å². The highest BCUT2D eigenvalue weighted by molar-refractivity contribution is 6.30. The number of halogens is 1. The average molecular weight is 386 g/mol. The van der Waals surface area contributed by atoms with E-state index in [1.807, 2.05) is 57.3 Å². The monoisotopic (exact) mass is 385 g/mol. The molecule has 2 N–H and O–H groups in total. The van der Waals surface area contributed by atoms with Gasteiger partial charge in [0.25, 0.3) is 11.8 Å². The quantitative estimate of drug-likeness (QED) is 0.684. The molecule has 27 heavy (non-hydrogen) atoms. The lowest BCUT2D eigenvalue weighted by Gasteiger charge is -2.18. The zero-order chi connectivity index (χ0) is 19.4. The maximum atomic E-state index is 12.3. The average Bonchev–Trinajstić information content (AvgIpc) is 3.13. The summed E-state index contributed by atoms with van der Waals surface area (Å²) in [5, 5.41) is 11.7. The molecule has 3 rings (SSSR count). The molecule has 0 radical (unpaired) electrons. The third-order valence-corrected chi connectivity index (χ3v) is 4.63. The summed E-state index contributed by atoms with van der Waals surface area (Å²) in [6.07, 6.45) is 0. The predicted molar refractivity (Wildman–Crippen MR) is 105 cm³/mol. The molecule has 0 fully saturated rings. The molecule has 0 aliphatic heterocycles. The van der Waals surface area contributed by atoms with Crippen molar-refractivity contribution in [1.29, 1.82) is 0 Å². The largest absolute Gasteiger partial charge is 0.415 e. The van der Waals surface area contributed by atoms with Crippen molar-refractivity contribution < 1.29 is 14.1 Å². The first kappa shape index (κ1) is 19.1. The molecule has 6 nitrogen and oxygen atoms in total. The van der Waals surface area contributed by atoms with E-state index in [1.54, 1.807) is 12.1 Å². The van der Waals surface area contributed by atoms with E-state index < -0.39 is 0 Å². The van der Waals surface area contributed by atoms with Crippen LogP contribution in [0, 0.1) is 6.92 Å². The fourth-order valence-corrected chi connectivity index (χ4v) is 2.80. The lowest BCUT2D eigenvalue weighted by atomic mass is 10.2. The smallest absolute Gasteiger partial charge is 0.279 e. The second kappa shape index (κ2) is 8.33. The Balaban J connectivity index is 1.62. The van der Waals surface area contributed by atoms with Crippen LogP contribution >= 0.6 is 11.6 Å². The molecule has 1 amide bonds. The van der Waals surface area contributed by atoms with E-state index in [0.29, 0.717) is 16.8 Å². The molecule has 3 aromatic rings. The van der Waals surface area contributed by atoms with Gasteiger partial charge in [-0.3, -0.25) is 4.79 Å². The van der Waals surface area contributed by atoms with Crippen LogP contribution in [0.15, 0.2) is 52.9 Å². The number of nitrogens with one attached hydrogen (secondary N) is 2. The Kier molecular flexibility index (Phi) is 5.88. The third-order valence-electron chi connectivity index (χ3n) is 4.40. The van der Waals surface area contributed by atoms with E-state index in [4.69, 9.17) is 16.0 Å². The molecule has 0 bridgehead atoms. The van der Waals surface area contributed by atoms with Crippen LogP contribution < -0.4 is 10.2 Å². The van der Waals surface area contributed by atoms with Crippen molar-refractivity contribution in [3.8, 4) is 11.5 Å². The Labute approximate surface area is 163 Å². The van der Waals surface area contributed by atoms with Crippen molar-refractivity contribution in [1.82, 2.24) is 10.2 Å². The van der Waals surface area contributed by atoms with Crippen LogP contribution in [0.2, 0.25) is 5.02 Å². The molecule has 2 aromatic carbocycles. The normalized spacial score (nSPS) is 13.2. The van der Waals surface area contributed by atoms with Crippen LogP contribution in [0.4, 0.5) is 5.69 Å². The van der Waals surface area contributed by atoms with Gasteiger partial charge in [-0.15, -0.1) is 10.2 Å². The van der Waals surface area contributed by atoms with Gasteiger partial charge >= 0.3 is 0 Å². The Hall–Kier alpha value is -2.70. The maximum Gasteiger partial charge on any atom is 0.279 e. The molecule has 0 saturated heterocycles. The van der Waals surface area contributed by atoms with Crippen molar-refractivity contribution >= 4 is 23.2 Å². The first-order chi connectivity index (χ1) is 12.9. The molecular formula is C20H22ClN4O2+. The number of hydrogen-bond acceptors (Lipinski definition) is 4. The van der Waals surface area contributed by atoms with Crippen LogP contribution in [0.25, 0.3) is 11.5 Å². The summed E-state index contributed by atoms with van der Waals surface area (Å²) < 4.78 is 5.79. The second-order valence-electron chi connectivity index (χ2n) is 6.61. The zero-order valence-corrected chi connectivity index (χ0v) is 16.2. The Morgan fingerprint density at radius 1 is 1.22 bits per heavy atom. The molecule has 140 valence electrons. The summed E-state index contributed by atoms with van der Waals surface area (Å²) in [5.41, 5.74) is 2.70. The van der Waals surface area contributed by atoms with Gasteiger partial charge in [0.2, 0.25) is 5.89 Å². The van der Waals surface area contributed by atoms with Gasteiger partial charge in [-0.1, -0.05) is 35.4 Å². The molecule has 0 aliphatic carbocycles. The molecule has 2 atom stereocenters. The highest BCUT2D eigenvalue weighted by atomic mass is 35.5. The predicted octanol–water partition coefficient (Wildman–Crippen LogP) is 2.91. The lowest BCUT2D eigenvalue weighted by molar-refractivity contribution is -0.903. The summed E-state index contributed by atoms with van der Waals surface area (Å²) in [6.45, 7) is 4.24. The van der Waals surface area contributed by atoms with Crippen LogP contribution in [0.3, 0.4) is 0 Å².